The molecule has 0 fully saturated rings. The zero-order valence-corrected chi connectivity index (χ0v) is 12.5. The minimum absolute atomic E-state index is 0.201. The van der Waals surface area contributed by atoms with Crippen LogP contribution in [0.4, 0.5) is 0 Å². The van der Waals surface area contributed by atoms with Crippen molar-refractivity contribution in [2.24, 2.45) is 0 Å². The van der Waals surface area contributed by atoms with E-state index in [1.807, 2.05) is 12.1 Å². The van der Waals surface area contributed by atoms with Gasteiger partial charge < -0.3 is 4.74 Å². The Labute approximate surface area is 117 Å². The molecule has 2 aromatic carbocycles. The second kappa shape index (κ2) is 5.57. The Hall–Kier alpha value is -1.28. The number of hydrogen-bond acceptors (Lipinski definition) is 1. The predicted octanol–water partition coefficient (Wildman–Crippen LogP) is 4.80. The van der Waals surface area contributed by atoms with Crippen LogP contribution in [0.25, 0.3) is 0 Å². The standard InChI is InChI=1S/C16H17BrO/c1-11-7-8-12(2)15(9-11)16(17)13-5-4-6-14(10-13)18-3/h4-10,16H,1-3H3. The van der Waals surface area contributed by atoms with E-state index in [2.05, 4.69) is 60.1 Å². The fourth-order valence-electron chi connectivity index (χ4n) is 2.01. The molecule has 1 nitrogen and oxygen atoms in total. The summed E-state index contributed by atoms with van der Waals surface area (Å²) in [5.74, 6) is 0.891. The maximum atomic E-state index is 5.27. The highest BCUT2D eigenvalue weighted by molar-refractivity contribution is 9.09. The van der Waals surface area contributed by atoms with Gasteiger partial charge in [-0.05, 0) is 42.7 Å². The van der Waals surface area contributed by atoms with Gasteiger partial charge in [-0.3, -0.25) is 0 Å². The van der Waals surface area contributed by atoms with E-state index in [1.54, 1.807) is 7.11 Å². The van der Waals surface area contributed by atoms with Crippen molar-refractivity contribution in [3.63, 3.8) is 0 Å². The van der Waals surface area contributed by atoms with Crippen molar-refractivity contribution in [3.05, 3.63) is 64.7 Å². The molecule has 0 aliphatic rings. The van der Waals surface area contributed by atoms with Crippen molar-refractivity contribution in [1.29, 1.82) is 0 Å². The SMILES string of the molecule is COc1cccc(C(Br)c2cc(C)ccc2C)c1. The third kappa shape index (κ3) is 2.75. The number of halogens is 1. The molecule has 0 saturated heterocycles. The summed E-state index contributed by atoms with van der Waals surface area (Å²) in [7, 11) is 1.69. The molecule has 2 aromatic rings. The summed E-state index contributed by atoms with van der Waals surface area (Å²) < 4.78 is 5.27. The Morgan fingerprint density at radius 3 is 2.56 bits per heavy atom. The first-order valence-electron chi connectivity index (χ1n) is 5.97. The maximum Gasteiger partial charge on any atom is 0.119 e. The van der Waals surface area contributed by atoms with E-state index in [0.29, 0.717) is 0 Å². The molecular formula is C16H17BrO. The molecule has 0 radical (unpaired) electrons. The number of alkyl halides is 1. The number of ether oxygens (including phenoxy) is 1. The number of hydrogen-bond donors (Lipinski definition) is 0. The molecular weight excluding hydrogens is 288 g/mol. The van der Waals surface area contributed by atoms with Gasteiger partial charge in [-0.15, -0.1) is 0 Å². The molecule has 0 aromatic heterocycles. The van der Waals surface area contributed by atoms with Crippen molar-refractivity contribution >= 4 is 15.9 Å². The molecule has 0 aliphatic heterocycles. The molecule has 1 atom stereocenters. The zero-order chi connectivity index (χ0) is 13.1. The monoisotopic (exact) mass is 304 g/mol. The molecule has 0 spiro atoms. The van der Waals surface area contributed by atoms with Crippen LogP contribution in [0.2, 0.25) is 0 Å². The second-order valence-electron chi connectivity index (χ2n) is 4.50. The number of aryl methyl sites for hydroxylation is 2. The van der Waals surface area contributed by atoms with Crippen LogP contribution < -0.4 is 4.74 Å². The Morgan fingerprint density at radius 1 is 1.06 bits per heavy atom. The van der Waals surface area contributed by atoms with Crippen molar-refractivity contribution in [2.75, 3.05) is 7.11 Å². The van der Waals surface area contributed by atoms with Gasteiger partial charge in [0, 0.05) is 0 Å². The van der Waals surface area contributed by atoms with Crippen LogP contribution in [0.1, 0.15) is 27.1 Å². The number of methoxy groups -OCH3 is 1. The first-order valence-corrected chi connectivity index (χ1v) is 6.88. The summed E-state index contributed by atoms with van der Waals surface area (Å²) in [6, 6.07) is 14.7. The fourth-order valence-corrected chi connectivity index (χ4v) is 2.79. The minimum Gasteiger partial charge on any atom is -0.497 e. The van der Waals surface area contributed by atoms with Gasteiger partial charge in [-0.1, -0.05) is 51.8 Å². The molecule has 2 heteroatoms. The van der Waals surface area contributed by atoms with Gasteiger partial charge in [0.1, 0.15) is 5.75 Å². The number of benzene rings is 2. The zero-order valence-electron chi connectivity index (χ0n) is 10.9. The average Bonchev–Trinajstić information content (AvgIpc) is 2.41. The molecule has 18 heavy (non-hydrogen) atoms. The predicted molar refractivity (Wildman–Crippen MR) is 79.7 cm³/mol. The van der Waals surface area contributed by atoms with E-state index in [4.69, 9.17) is 4.74 Å². The topological polar surface area (TPSA) is 9.23 Å². The summed E-state index contributed by atoms with van der Waals surface area (Å²) in [5, 5.41) is 0. The van der Waals surface area contributed by atoms with Gasteiger partial charge in [-0.2, -0.15) is 0 Å². The van der Waals surface area contributed by atoms with Crippen LogP contribution in [0.3, 0.4) is 0 Å². The lowest BCUT2D eigenvalue weighted by Gasteiger charge is -2.15. The summed E-state index contributed by atoms with van der Waals surface area (Å²) in [6.45, 7) is 4.26. The van der Waals surface area contributed by atoms with Crippen LogP contribution in [0.5, 0.6) is 5.75 Å². The third-order valence-electron chi connectivity index (χ3n) is 3.09. The molecule has 0 aliphatic carbocycles. The van der Waals surface area contributed by atoms with Gasteiger partial charge in [0.15, 0.2) is 0 Å². The number of rotatable bonds is 3. The second-order valence-corrected chi connectivity index (χ2v) is 5.41. The summed E-state index contributed by atoms with van der Waals surface area (Å²) in [6.07, 6.45) is 0. The van der Waals surface area contributed by atoms with Gasteiger partial charge in [-0.25, -0.2) is 0 Å². The molecule has 0 amide bonds. The first kappa shape index (κ1) is 13.2. The Morgan fingerprint density at radius 2 is 1.83 bits per heavy atom. The quantitative estimate of drug-likeness (QED) is 0.740. The molecule has 1 unspecified atom stereocenters. The summed E-state index contributed by atoms with van der Waals surface area (Å²) in [5.41, 5.74) is 5.10. The van der Waals surface area contributed by atoms with E-state index in [-0.39, 0.29) is 4.83 Å². The van der Waals surface area contributed by atoms with E-state index in [0.717, 1.165) is 5.75 Å². The van der Waals surface area contributed by atoms with Gasteiger partial charge in [0.05, 0.1) is 11.9 Å². The van der Waals surface area contributed by atoms with E-state index < -0.39 is 0 Å². The Kier molecular flexibility index (Phi) is 4.07. The summed E-state index contributed by atoms with van der Waals surface area (Å²) in [4.78, 5) is 0.201. The normalized spacial score (nSPS) is 12.2. The third-order valence-corrected chi connectivity index (χ3v) is 4.12. The smallest absolute Gasteiger partial charge is 0.119 e. The average molecular weight is 305 g/mol. The van der Waals surface area contributed by atoms with Gasteiger partial charge in [0.25, 0.3) is 0 Å². The molecule has 0 bridgehead atoms. The molecule has 0 N–H and O–H groups in total. The maximum absolute atomic E-state index is 5.27. The van der Waals surface area contributed by atoms with E-state index >= 15 is 0 Å². The van der Waals surface area contributed by atoms with Crippen LogP contribution in [-0.2, 0) is 0 Å². The van der Waals surface area contributed by atoms with Crippen molar-refractivity contribution < 1.29 is 4.74 Å². The van der Waals surface area contributed by atoms with Crippen LogP contribution in [0, 0.1) is 13.8 Å². The molecule has 94 valence electrons. The molecule has 2 rings (SSSR count). The van der Waals surface area contributed by atoms with Crippen molar-refractivity contribution in [3.8, 4) is 5.75 Å². The lowest BCUT2D eigenvalue weighted by molar-refractivity contribution is 0.414. The van der Waals surface area contributed by atoms with Gasteiger partial charge >= 0.3 is 0 Å². The highest BCUT2D eigenvalue weighted by atomic mass is 79.9. The molecule has 0 heterocycles. The van der Waals surface area contributed by atoms with Crippen molar-refractivity contribution in [1.82, 2.24) is 0 Å². The lowest BCUT2D eigenvalue weighted by Crippen LogP contribution is -1.97. The largest absolute Gasteiger partial charge is 0.497 e. The first-order chi connectivity index (χ1) is 8.61. The van der Waals surface area contributed by atoms with E-state index in [9.17, 15) is 0 Å². The van der Waals surface area contributed by atoms with Crippen LogP contribution in [0.15, 0.2) is 42.5 Å². The highest BCUT2D eigenvalue weighted by Gasteiger charge is 2.13. The Bertz CT molecular complexity index is 549. The summed E-state index contributed by atoms with van der Waals surface area (Å²) >= 11 is 3.79. The van der Waals surface area contributed by atoms with Crippen molar-refractivity contribution in [2.45, 2.75) is 18.7 Å². The minimum atomic E-state index is 0.201. The highest BCUT2D eigenvalue weighted by Crippen LogP contribution is 2.34. The van der Waals surface area contributed by atoms with Crippen LogP contribution in [-0.4, -0.2) is 7.11 Å². The Balaban J connectivity index is 2.40. The molecule has 0 saturated carbocycles. The van der Waals surface area contributed by atoms with Gasteiger partial charge in [0.2, 0.25) is 0 Å². The fraction of sp³-hybridized carbons (Fsp3) is 0.250. The van der Waals surface area contributed by atoms with E-state index in [1.165, 1.54) is 22.3 Å². The lowest BCUT2D eigenvalue weighted by atomic mass is 9.98. The van der Waals surface area contributed by atoms with Crippen LogP contribution >= 0.6 is 15.9 Å².